The SMILES string of the molecule is O=C1C(O)C1Cc1ccccc1. The summed E-state index contributed by atoms with van der Waals surface area (Å²) in [6, 6.07) is 9.76. The van der Waals surface area contributed by atoms with Gasteiger partial charge < -0.3 is 5.11 Å². The van der Waals surface area contributed by atoms with E-state index in [0.29, 0.717) is 6.42 Å². The second-order valence-corrected chi connectivity index (χ2v) is 3.14. The minimum atomic E-state index is -0.690. The van der Waals surface area contributed by atoms with Crippen molar-refractivity contribution in [1.82, 2.24) is 0 Å². The molecular formula is C10H10O2. The quantitative estimate of drug-likeness (QED) is 0.698. The molecule has 12 heavy (non-hydrogen) atoms. The van der Waals surface area contributed by atoms with Crippen LogP contribution in [-0.4, -0.2) is 17.0 Å². The minimum absolute atomic E-state index is 0.0150. The molecule has 0 bridgehead atoms. The van der Waals surface area contributed by atoms with Crippen LogP contribution in [0.2, 0.25) is 0 Å². The summed E-state index contributed by atoms with van der Waals surface area (Å²) in [5.74, 6) is -0.147. The number of carbonyl (C=O) groups excluding carboxylic acids is 1. The number of aliphatic hydroxyl groups is 1. The van der Waals surface area contributed by atoms with Gasteiger partial charge in [-0.15, -0.1) is 0 Å². The molecule has 1 aromatic rings. The molecule has 0 aliphatic heterocycles. The number of ketones is 1. The van der Waals surface area contributed by atoms with E-state index in [1.54, 1.807) is 0 Å². The maximum atomic E-state index is 10.8. The lowest BCUT2D eigenvalue weighted by Gasteiger charge is -1.95. The Bertz CT molecular complexity index is 292. The van der Waals surface area contributed by atoms with Gasteiger partial charge in [0.2, 0.25) is 0 Å². The molecule has 2 unspecified atom stereocenters. The van der Waals surface area contributed by atoms with Gasteiger partial charge >= 0.3 is 0 Å². The maximum Gasteiger partial charge on any atom is 0.168 e. The van der Waals surface area contributed by atoms with Gasteiger partial charge in [0, 0.05) is 0 Å². The van der Waals surface area contributed by atoms with Crippen molar-refractivity contribution in [2.24, 2.45) is 5.92 Å². The zero-order valence-corrected chi connectivity index (χ0v) is 6.60. The van der Waals surface area contributed by atoms with Crippen LogP contribution >= 0.6 is 0 Å². The van der Waals surface area contributed by atoms with Crippen LogP contribution in [0.3, 0.4) is 0 Å². The molecule has 0 saturated heterocycles. The summed E-state index contributed by atoms with van der Waals surface area (Å²) in [5.41, 5.74) is 1.12. The first-order chi connectivity index (χ1) is 5.79. The number of rotatable bonds is 2. The van der Waals surface area contributed by atoms with Gasteiger partial charge in [-0.1, -0.05) is 30.3 Å². The monoisotopic (exact) mass is 162 g/mol. The minimum Gasteiger partial charge on any atom is -0.385 e. The molecule has 1 fully saturated rings. The highest BCUT2D eigenvalue weighted by Crippen LogP contribution is 2.28. The second-order valence-electron chi connectivity index (χ2n) is 3.14. The van der Waals surface area contributed by atoms with Gasteiger partial charge in [-0.05, 0) is 12.0 Å². The molecule has 2 rings (SSSR count). The Morgan fingerprint density at radius 3 is 2.33 bits per heavy atom. The fourth-order valence-electron chi connectivity index (χ4n) is 1.36. The zero-order valence-electron chi connectivity index (χ0n) is 6.60. The van der Waals surface area contributed by atoms with Crippen LogP contribution < -0.4 is 0 Å². The number of Topliss-reactive ketones (excluding diaryl/α,β-unsaturated/α-hetero) is 1. The molecule has 0 spiro atoms. The molecule has 0 heterocycles. The summed E-state index contributed by atoms with van der Waals surface area (Å²) < 4.78 is 0. The molecule has 1 aliphatic rings. The van der Waals surface area contributed by atoms with Crippen molar-refractivity contribution in [2.45, 2.75) is 12.5 Å². The van der Waals surface area contributed by atoms with Crippen molar-refractivity contribution in [3.05, 3.63) is 35.9 Å². The van der Waals surface area contributed by atoms with Gasteiger partial charge in [-0.3, -0.25) is 4.79 Å². The fourth-order valence-corrected chi connectivity index (χ4v) is 1.36. The third-order valence-corrected chi connectivity index (χ3v) is 2.23. The molecule has 1 N–H and O–H groups in total. The highest BCUT2D eigenvalue weighted by Gasteiger charge is 2.47. The predicted octanol–water partition coefficient (Wildman–Crippen LogP) is 0.789. The van der Waals surface area contributed by atoms with Gasteiger partial charge in [-0.2, -0.15) is 0 Å². The zero-order chi connectivity index (χ0) is 8.55. The number of hydrogen-bond donors (Lipinski definition) is 1. The number of benzene rings is 1. The largest absolute Gasteiger partial charge is 0.385 e. The molecule has 2 nitrogen and oxygen atoms in total. The molecule has 62 valence electrons. The van der Waals surface area contributed by atoms with E-state index in [9.17, 15) is 4.79 Å². The van der Waals surface area contributed by atoms with E-state index in [0.717, 1.165) is 5.56 Å². The molecule has 2 heteroatoms. The van der Waals surface area contributed by atoms with Crippen molar-refractivity contribution < 1.29 is 9.90 Å². The number of carbonyl (C=O) groups is 1. The molecule has 0 radical (unpaired) electrons. The maximum absolute atomic E-state index is 10.8. The van der Waals surface area contributed by atoms with Crippen LogP contribution in [0.15, 0.2) is 30.3 Å². The van der Waals surface area contributed by atoms with Crippen molar-refractivity contribution in [1.29, 1.82) is 0 Å². The Hall–Kier alpha value is -1.15. The standard InChI is InChI=1S/C10H10O2/c11-9-8(10(9)12)6-7-4-2-1-3-5-7/h1-5,8-9,11H,6H2. The predicted molar refractivity (Wildman–Crippen MR) is 44.6 cm³/mol. The van der Waals surface area contributed by atoms with E-state index >= 15 is 0 Å². The van der Waals surface area contributed by atoms with Crippen molar-refractivity contribution in [3.8, 4) is 0 Å². The molecular weight excluding hydrogens is 152 g/mol. The second kappa shape index (κ2) is 2.72. The smallest absolute Gasteiger partial charge is 0.168 e. The first-order valence-electron chi connectivity index (χ1n) is 4.05. The lowest BCUT2D eigenvalue weighted by atomic mass is 10.1. The van der Waals surface area contributed by atoms with Crippen molar-refractivity contribution in [3.63, 3.8) is 0 Å². The average Bonchev–Trinajstić information content (AvgIpc) is 2.65. The van der Waals surface area contributed by atoms with Crippen molar-refractivity contribution >= 4 is 5.78 Å². The van der Waals surface area contributed by atoms with E-state index in [1.807, 2.05) is 30.3 Å². The molecule has 1 saturated carbocycles. The summed E-state index contributed by atoms with van der Waals surface area (Å²) in [7, 11) is 0. The van der Waals surface area contributed by atoms with Crippen LogP contribution in [0.1, 0.15) is 5.56 Å². The summed E-state index contributed by atoms with van der Waals surface area (Å²) in [6.07, 6.45) is -0.00824. The number of aliphatic hydroxyl groups excluding tert-OH is 1. The molecule has 2 atom stereocenters. The molecule has 1 aromatic carbocycles. The first kappa shape index (κ1) is 7.50. The van der Waals surface area contributed by atoms with E-state index in [1.165, 1.54) is 0 Å². The Balaban J connectivity index is 2.02. The fraction of sp³-hybridized carbons (Fsp3) is 0.300. The molecule has 0 amide bonds. The van der Waals surface area contributed by atoms with Crippen LogP contribution in [0.25, 0.3) is 0 Å². The van der Waals surface area contributed by atoms with Crippen LogP contribution in [0, 0.1) is 5.92 Å². The lowest BCUT2D eigenvalue weighted by molar-refractivity contribution is -0.113. The van der Waals surface area contributed by atoms with Crippen LogP contribution in [0.5, 0.6) is 0 Å². The summed E-state index contributed by atoms with van der Waals surface area (Å²) in [5, 5.41) is 9.01. The Morgan fingerprint density at radius 1 is 1.25 bits per heavy atom. The first-order valence-corrected chi connectivity index (χ1v) is 4.05. The molecule has 1 aliphatic carbocycles. The van der Waals surface area contributed by atoms with E-state index in [2.05, 4.69) is 0 Å². The van der Waals surface area contributed by atoms with Gasteiger partial charge in [0.05, 0.1) is 5.92 Å². The van der Waals surface area contributed by atoms with E-state index in [4.69, 9.17) is 5.11 Å². The molecule has 0 aromatic heterocycles. The Kier molecular flexibility index (Phi) is 1.70. The van der Waals surface area contributed by atoms with Crippen LogP contribution in [0.4, 0.5) is 0 Å². The third-order valence-electron chi connectivity index (χ3n) is 2.23. The average molecular weight is 162 g/mol. The van der Waals surface area contributed by atoms with Crippen molar-refractivity contribution in [2.75, 3.05) is 0 Å². The third kappa shape index (κ3) is 1.25. The Labute approximate surface area is 70.8 Å². The summed E-state index contributed by atoms with van der Waals surface area (Å²) in [6.45, 7) is 0. The Morgan fingerprint density at radius 2 is 1.83 bits per heavy atom. The number of hydrogen-bond acceptors (Lipinski definition) is 2. The topological polar surface area (TPSA) is 37.3 Å². The van der Waals surface area contributed by atoms with Gasteiger partial charge in [0.1, 0.15) is 6.10 Å². The van der Waals surface area contributed by atoms with E-state index < -0.39 is 6.10 Å². The van der Waals surface area contributed by atoms with Gasteiger partial charge in [0.15, 0.2) is 5.78 Å². The van der Waals surface area contributed by atoms with Gasteiger partial charge in [0.25, 0.3) is 0 Å². The van der Waals surface area contributed by atoms with Crippen LogP contribution in [-0.2, 0) is 11.2 Å². The summed E-state index contributed by atoms with van der Waals surface area (Å²) in [4.78, 5) is 10.8. The summed E-state index contributed by atoms with van der Waals surface area (Å²) >= 11 is 0. The highest BCUT2D eigenvalue weighted by molar-refractivity contribution is 6.01. The lowest BCUT2D eigenvalue weighted by Crippen LogP contribution is -1.91. The highest BCUT2D eigenvalue weighted by atomic mass is 16.3. The normalized spacial score (nSPS) is 27.2. The van der Waals surface area contributed by atoms with E-state index in [-0.39, 0.29) is 11.7 Å². The van der Waals surface area contributed by atoms with Gasteiger partial charge in [-0.25, -0.2) is 0 Å².